The summed E-state index contributed by atoms with van der Waals surface area (Å²) in [5.41, 5.74) is -0.154. The van der Waals surface area contributed by atoms with E-state index in [1.165, 1.54) is 6.92 Å². The van der Waals surface area contributed by atoms with Crippen LogP contribution in [0.4, 0.5) is 0 Å². The molecule has 0 aromatic carbocycles. The van der Waals surface area contributed by atoms with Gasteiger partial charge < -0.3 is 14.7 Å². The van der Waals surface area contributed by atoms with Crippen molar-refractivity contribution in [3.05, 3.63) is 11.5 Å². The van der Waals surface area contributed by atoms with Crippen molar-refractivity contribution in [1.82, 2.24) is 0 Å². The lowest BCUT2D eigenvalue weighted by atomic mass is 9.92. The van der Waals surface area contributed by atoms with Crippen molar-refractivity contribution >= 4 is 5.97 Å². The van der Waals surface area contributed by atoms with Gasteiger partial charge in [0.25, 0.3) is 0 Å². The zero-order valence-electron chi connectivity index (χ0n) is 9.53. The van der Waals surface area contributed by atoms with Gasteiger partial charge in [-0.15, -0.1) is 0 Å². The van der Waals surface area contributed by atoms with Crippen LogP contribution in [0, 0.1) is 5.41 Å². The van der Waals surface area contributed by atoms with Crippen molar-refractivity contribution in [3.63, 3.8) is 0 Å². The van der Waals surface area contributed by atoms with Crippen LogP contribution < -0.4 is 0 Å². The SMILES string of the molecule is C/C(OO)=C(/O)COC(=O)CC(C)(C)C. The van der Waals surface area contributed by atoms with E-state index in [0.29, 0.717) is 0 Å². The Morgan fingerprint density at radius 1 is 1.33 bits per heavy atom. The van der Waals surface area contributed by atoms with Gasteiger partial charge in [-0.25, -0.2) is 5.26 Å². The third kappa shape index (κ3) is 6.79. The number of esters is 1. The quantitative estimate of drug-likeness (QED) is 0.327. The van der Waals surface area contributed by atoms with Gasteiger partial charge in [0.2, 0.25) is 0 Å². The third-order valence-corrected chi connectivity index (χ3v) is 1.59. The molecular formula is C10H18O5. The number of carbonyl (C=O) groups excluding carboxylic acids is 1. The van der Waals surface area contributed by atoms with E-state index in [0.717, 1.165) is 0 Å². The molecule has 2 N–H and O–H groups in total. The molecule has 0 radical (unpaired) electrons. The van der Waals surface area contributed by atoms with Crippen molar-refractivity contribution in [3.8, 4) is 0 Å². The summed E-state index contributed by atoms with van der Waals surface area (Å²) < 4.78 is 4.76. The van der Waals surface area contributed by atoms with Crippen LogP contribution in [0.25, 0.3) is 0 Å². The first-order valence-corrected chi connectivity index (χ1v) is 4.62. The van der Waals surface area contributed by atoms with E-state index >= 15 is 0 Å². The van der Waals surface area contributed by atoms with Gasteiger partial charge in [0, 0.05) is 6.92 Å². The number of aliphatic hydroxyl groups is 1. The predicted molar refractivity (Wildman–Crippen MR) is 54.1 cm³/mol. The van der Waals surface area contributed by atoms with Crippen LogP contribution in [-0.2, 0) is 14.4 Å². The Balaban J connectivity index is 4.03. The van der Waals surface area contributed by atoms with E-state index in [-0.39, 0.29) is 30.0 Å². The average Bonchev–Trinajstić information content (AvgIpc) is 2.10. The standard InChI is InChI=1S/C10H18O5/c1-7(15-13)8(11)6-14-9(12)5-10(2,3)4/h11,13H,5-6H2,1-4H3/b8-7-. The Kier molecular flexibility index (Phi) is 5.14. The minimum absolute atomic E-state index is 0.0847. The lowest BCUT2D eigenvalue weighted by molar-refractivity contribution is -0.206. The summed E-state index contributed by atoms with van der Waals surface area (Å²) in [6.07, 6.45) is 0.263. The minimum atomic E-state index is -0.403. The van der Waals surface area contributed by atoms with E-state index in [1.807, 2.05) is 20.8 Å². The van der Waals surface area contributed by atoms with Crippen LogP contribution in [-0.4, -0.2) is 22.9 Å². The van der Waals surface area contributed by atoms with Gasteiger partial charge in [-0.1, -0.05) is 20.8 Å². The van der Waals surface area contributed by atoms with Crippen molar-refractivity contribution in [2.45, 2.75) is 34.1 Å². The number of hydrogen-bond donors (Lipinski definition) is 2. The predicted octanol–water partition coefficient (Wildman–Crippen LogP) is 2.24. The molecule has 0 aromatic heterocycles. The van der Waals surface area contributed by atoms with Crippen LogP contribution in [0.15, 0.2) is 11.5 Å². The van der Waals surface area contributed by atoms with Crippen LogP contribution in [0.1, 0.15) is 34.1 Å². The van der Waals surface area contributed by atoms with Crippen molar-refractivity contribution < 1.29 is 24.8 Å². The second-order valence-corrected chi connectivity index (χ2v) is 4.49. The molecular weight excluding hydrogens is 200 g/mol. The lowest BCUT2D eigenvalue weighted by Crippen LogP contribution is -2.16. The zero-order valence-corrected chi connectivity index (χ0v) is 9.53. The molecule has 0 aromatic rings. The maximum Gasteiger partial charge on any atom is 0.306 e. The number of aliphatic hydroxyl groups excluding tert-OH is 1. The first kappa shape index (κ1) is 13.8. The molecule has 0 spiro atoms. The summed E-state index contributed by atoms with van der Waals surface area (Å²) in [7, 11) is 0. The Bertz CT molecular complexity index is 249. The second kappa shape index (κ2) is 5.60. The molecule has 0 aliphatic rings. The summed E-state index contributed by atoms with van der Waals surface area (Å²) in [6, 6.07) is 0. The molecule has 0 unspecified atom stereocenters. The molecule has 5 nitrogen and oxygen atoms in total. The topological polar surface area (TPSA) is 76.0 Å². The average molecular weight is 218 g/mol. The fraction of sp³-hybridized carbons (Fsp3) is 0.700. The highest BCUT2D eigenvalue weighted by Gasteiger charge is 2.17. The van der Waals surface area contributed by atoms with Crippen molar-refractivity contribution in [1.29, 1.82) is 0 Å². The minimum Gasteiger partial charge on any atom is -0.506 e. The molecule has 0 saturated carbocycles. The summed E-state index contributed by atoms with van der Waals surface area (Å²) in [5, 5.41) is 17.4. The van der Waals surface area contributed by atoms with Crippen LogP contribution in [0.5, 0.6) is 0 Å². The Morgan fingerprint density at radius 3 is 2.27 bits per heavy atom. The maximum atomic E-state index is 11.2. The largest absolute Gasteiger partial charge is 0.506 e. The number of ether oxygens (including phenoxy) is 1. The molecule has 0 fully saturated rings. The molecule has 0 rings (SSSR count). The van der Waals surface area contributed by atoms with Crippen LogP contribution >= 0.6 is 0 Å². The first-order chi connectivity index (χ1) is 6.76. The van der Waals surface area contributed by atoms with Crippen molar-refractivity contribution in [2.75, 3.05) is 6.61 Å². The van der Waals surface area contributed by atoms with Gasteiger partial charge >= 0.3 is 5.97 Å². The fourth-order valence-electron chi connectivity index (χ4n) is 0.787. The summed E-state index contributed by atoms with van der Waals surface area (Å²) in [5.74, 6) is -0.793. The van der Waals surface area contributed by atoms with Crippen LogP contribution in [0.3, 0.4) is 0 Å². The van der Waals surface area contributed by atoms with Gasteiger partial charge in [-0.2, -0.15) is 0 Å². The summed E-state index contributed by atoms with van der Waals surface area (Å²) >= 11 is 0. The third-order valence-electron chi connectivity index (χ3n) is 1.59. The normalized spacial score (nSPS) is 13.1. The fourth-order valence-corrected chi connectivity index (χ4v) is 0.787. The highest BCUT2D eigenvalue weighted by atomic mass is 17.1. The van der Waals surface area contributed by atoms with E-state index in [4.69, 9.17) is 9.99 Å². The van der Waals surface area contributed by atoms with E-state index < -0.39 is 5.97 Å². The maximum absolute atomic E-state index is 11.2. The highest BCUT2D eigenvalue weighted by Crippen LogP contribution is 2.19. The summed E-state index contributed by atoms with van der Waals surface area (Å²) in [4.78, 5) is 15.0. The number of carbonyl (C=O) groups is 1. The molecule has 0 amide bonds. The van der Waals surface area contributed by atoms with E-state index in [9.17, 15) is 9.90 Å². The zero-order chi connectivity index (χ0) is 12.1. The molecule has 0 aliphatic carbocycles. The molecule has 0 saturated heterocycles. The molecule has 0 heterocycles. The number of hydrogen-bond acceptors (Lipinski definition) is 5. The molecule has 15 heavy (non-hydrogen) atoms. The van der Waals surface area contributed by atoms with Gasteiger partial charge in [0.05, 0.1) is 6.42 Å². The highest BCUT2D eigenvalue weighted by molar-refractivity contribution is 5.70. The number of allylic oxidation sites excluding steroid dienone is 1. The molecule has 5 heteroatoms. The molecule has 0 atom stereocenters. The lowest BCUT2D eigenvalue weighted by Gasteiger charge is -2.16. The van der Waals surface area contributed by atoms with Gasteiger partial charge in [-0.05, 0) is 5.41 Å². The van der Waals surface area contributed by atoms with E-state index in [2.05, 4.69) is 4.89 Å². The Morgan fingerprint density at radius 2 is 1.87 bits per heavy atom. The van der Waals surface area contributed by atoms with Gasteiger partial charge in [-0.3, -0.25) is 4.79 Å². The molecule has 0 bridgehead atoms. The van der Waals surface area contributed by atoms with Crippen molar-refractivity contribution in [2.24, 2.45) is 5.41 Å². The first-order valence-electron chi connectivity index (χ1n) is 4.62. The number of rotatable bonds is 4. The van der Waals surface area contributed by atoms with E-state index in [1.54, 1.807) is 0 Å². The second-order valence-electron chi connectivity index (χ2n) is 4.49. The van der Waals surface area contributed by atoms with Crippen LogP contribution in [0.2, 0.25) is 0 Å². The molecule has 88 valence electrons. The monoisotopic (exact) mass is 218 g/mol. The Labute approximate surface area is 89.2 Å². The smallest absolute Gasteiger partial charge is 0.306 e. The van der Waals surface area contributed by atoms with Gasteiger partial charge in [0.15, 0.2) is 18.1 Å². The molecule has 0 aliphatic heterocycles. The summed E-state index contributed by atoms with van der Waals surface area (Å²) in [6.45, 7) is 6.79. The van der Waals surface area contributed by atoms with Gasteiger partial charge in [0.1, 0.15) is 0 Å². The Hall–Kier alpha value is -1.23.